The van der Waals surface area contributed by atoms with Gasteiger partial charge in [0.2, 0.25) is 0 Å². The van der Waals surface area contributed by atoms with Gasteiger partial charge in [-0.15, -0.1) is 0 Å². The molecular weight excluding hydrogens is 644 g/mol. The van der Waals surface area contributed by atoms with Crippen LogP contribution in [0.3, 0.4) is 0 Å². The topological polar surface area (TPSA) is 109 Å². The summed E-state index contributed by atoms with van der Waals surface area (Å²) in [6, 6.07) is 19.1. The zero-order valence-corrected chi connectivity index (χ0v) is 29.9. The Kier molecular flexibility index (Phi) is 19.9. The van der Waals surface area contributed by atoms with E-state index in [1.165, 1.54) is 4.90 Å². The average Bonchev–Trinajstić information content (AvgIpc) is 3.01. The van der Waals surface area contributed by atoms with Crippen molar-refractivity contribution in [1.82, 2.24) is 9.80 Å². The first-order valence-electron chi connectivity index (χ1n) is 15.4. The third kappa shape index (κ3) is 13.7. The van der Waals surface area contributed by atoms with E-state index in [1.807, 2.05) is 60.7 Å². The van der Waals surface area contributed by atoms with E-state index < -0.39 is 14.4 Å². The molecule has 248 valence electrons. The van der Waals surface area contributed by atoms with Gasteiger partial charge in [0.05, 0.1) is 19.8 Å². The Morgan fingerprint density at radius 2 is 1.07 bits per heavy atom. The first kappa shape index (κ1) is 39.6. The molecule has 0 aliphatic rings. The van der Waals surface area contributed by atoms with Gasteiger partial charge in [-0.2, -0.15) is 0 Å². The monoisotopic (exact) mass is 696 g/mol. The molecular formula is C33H53BrN2O7Si. The van der Waals surface area contributed by atoms with Gasteiger partial charge in [-0.1, -0.05) is 118 Å². The summed E-state index contributed by atoms with van der Waals surface area (Å²) in [6.07, 6.45) is -0.815. The van der Waals surface area contributed by atoms with E-state index in [0.717, 1.165) is 11.1 Å². The largest absolute Gasteiger partial charge is 0.445 e. The number of carbonyl (C=O) groups is 2. The van der Waals surface area contributed by atoms with Crippen LogP contribution in [-0.2, 0) is 27.1 Å². The Labute approximate surface area is 273 Å². The fraction of sp³-hybridized carbons (Fsp3) is 0.576. The van der Waals surface area contributed by atoms with Crippen LogP contribution in [0, 0.1) is 0 Å². The number of carbonyl (C=O) groups excluding carboxylic acids is 2. The quantitative estimate of drug-likeness (QED) is 0.138. The smallest absolute Gasteiger partial charge is 0.410 e. The molecule has 2 N–H and O–H groups in total. The number of alkyl halides is 1. The second-order valence-corrected chi connectivity index (χ2v) is 17.6. The van der Waals surface area contributed by atoms with Crippen LogP contribution in [0.1, 0.15) is 52.7 Å². The summed E-state index contributed by atoms with van der Waals surface area (Å²) in [4.78, 5) is 27.1. The normalized spacial score (nSPS) is 11.3. The van der Waals surface area contributed by atoms with Crippen molar-refractivity contribution in [2.45, 2.75) is 71.4 Å². The lowest BCUT2D eigenvalue weighted by Gasteiger charge is -2.42. The van der Waals surface area contributed by atoms with E-state index in [0.29, 0.717) is 48.3 Å². The van der Waals surface area contributed by atoms with Crippen LogP contribution < -0.4 is 0 Å². The highest BCUT2D eigenvalue weighted by molar-refractivity contribution is 9.09. The van der Waals surface area contributed by atoms with Crippen molar-refractivity contribution in [1.29, 1.82) is 0 Å². The Balaban J connectivity index is 0.000000488. The average molecular weight is 698 g/mol. The van der Waals surface area contributed by atoms with Crippen molar-refractivity contribution in [3.63, 3.8) is 0 Å². The summed E-state index contributed by atoms with van der Waals surface area (Å²) in [5, 5.41) is 18.2. The third-order valence-electron chi connectivity index (χ3n) is 7.44. The van der Waals surface area contributed by atoms with Gasteiger partial charge in [-0.05, 0) is 27.8 Å². The first-order chi connectivity index (χ1) is 21.0. The molecule has 2 aromatic carbocycles. The highest BCUT2D eigenvalue weighted by atomic mass is 79.9. The van der Waals surface area contributed by atoms with Crippen molar-refractivity contribution >= 4 is 36.4 Å². The van der Waals surface area contributed by atoms with E-state index in [4.69, 9.17) is 24.1 Å². The summed E-state index contributed by atoms with van der Waals surface area (Å²) < 4.78 is 17.1. The minimum absolute atomic E-state index is 0.152. The molecule has 2 aromatic rings. The van der Waals surface area contributed by atoms with Gasteiger partial charge in [0.15, 0.2) is 8.32 Å². The fourth-order valence-electron chi connectivity index (χ4n) is 5.39. The van der Waals surface area contributed by atoms with Crippen molar-refractivity contribution < 1.29 is 33.7 Å². The number of hydrogen-bond donors (Lipinski definition) is 2. The van der Waals surface area contributed by atoms with Gasteiger partial charge in [0.25, 0.3) is 0 Å². The number of aliphatic hydroxyl groups is 2. The zero-order chi connectivity index (χ0) is 33.0. The maximum Gasteiger partial charge on any atom is 0.410 e. The lowest BCUT2D eigenvalue weighted by Crippen LogP contribution is -2.49. The molecule has 9 nitrogen and oxygen atoms in total. The van der Waals surface area contributed by atoms with Gasteiger partial charge in [0.1, 0.15) is 13.2 Å². The Morgan fingerprint density at radius 1 is 0.682 bits per heavy atom. The molecule has 2 amide bonds. The second kappa shape index (κ2) is 22.1. The molecule has 11 heteroatoms. The minimum atomic E-state index is -1.91. The van der Waals surface area contributed by atoms with E-state index in [9.17, 15) is 9.59 Å². The predicted molar refractivity (Wildman–Crippen MR) is 181 cm³/mol. The van der Waals surface area contributed by atoms with E-state index in [-0.39, 0.29) is 39.0 Å². The molecule has 0 fully saturated rings. The first-order valence-corrected chi connectivity index (χ1v) is 18.6. The Hall–Kier alpha value is -2.44. The number of benzene rings is 2. The molecule has 0 aromatic heterocycles. The summed E-state index contributed by atoms with van der Waals surface area (Å²) in [6.45, 7) is 15.9. The summed E-state index contributed by atoms with van der Waals surface area (Å²) in [7, 11) is -1.91. The molecule has 0 aliphatic heterocycles. The van der Waals surface area contributed by atoms with Crippen molar-refractivity contribution in [3.8, 4) is 0 Å². The van der Waals surface area contributed by atoms with Crippen LogP contribution >= 0.6 is 15.9 Å². The lowest BCUT2D eigenvalue weighted by atomic mass is 10.2. The Morgan fingerprint density at radius 3 is 1.41 bits per heavy atom. The molecule has 0 unspecified atom stereocenters. The molecule has 2 rings (SSSR count). The van der Waals surface area contributed by atoms with Gasteiger partial charge in [0, 0.05) is 31.5 Å². The van der Waals surface area contributed by atoms with Gasteiger partial charge in [-0.25, -0.2) is 9.59 Å². The number of amides is 2. The highest BCUT2D eigenvalue weighted by Gasteiger charge is 2.45. The molecule has 0 saturated carbocycles. The fourth-order valence-corrected chi connectivity index (χ4v) is 11.3. The number of hydrogen-bond acceptors (Lipinski definition) is 7. The number of halogens is 1. The van der Waals surface area contributed by atoms with Crippen molar-refractivity contribution in [2.75, 3.05) is 51.3 Å². The SMILES string of the molecule is CC(C)[Si](OCCN(CCBr)C(=O)OCc1ccccc1)(C(C)C)C(C)C.O=C(OCc1ccccc1)N(CCO)CCO. The molecule has 0 saturated heterocycles. The van der Waals surface area contributed by atoms with E-state index >= 15 is 0 Å². The van der Waals surface area contributed by atoms with Crippen LogP contribution in [-0.4, -0.2) is 91.8 Å². The Bertz CT molecular complexity index is 1020. The number of ether oxygens (including phenoxy) is 2. The van der Waals surface area contributed by atoms with Gasteiger partial charge in [-0.3, -0.25) is 0 Å². The van der Waals surface area contributed by atoms with Gasteiger partial charge < -0.3 is 33.9 Å². The number of rotatable bonds is 17. The zero-order valence-electron chi connectivity index (χ0n) is 27.3. The molecule has 0 heterocycles. The minimum Gasteiger partial charge on any atom is -0.445 e. The van der Waals surface area contributed by atoms with Crippen LogP contribution in [0.5, 0.6) is 0 Å². The van der Waals surface area contributed by atoms with Crippen LogP contribution in [0.2, 0.25) is 16.6 Å². The van der Waals surface area contributed by atoms with E-state index in [2.05, 4.69) is 57.5 Å². The van der Waals surface area contributed by atoms with Crippen LogP contribution in [0.15, 0.2) is 60.7 Å². The number of nitrogens with zero attached hydrogens (tertiary/aromatic N) is 2. The second-order valence-electron chi connectivity index (χ2n) is 11.4. The molecule has 44 heavy (non-hydrogen) atoms. The van der Waals surface area contributed by atoms with Crippen molar-refractivity contribution in [2.24, 2.45) is 0 Å². The maximum absolute atomic E-state index is 12.5. The standard InChI is InChI=1S/C21H36BrNO3Si.C12H17NO4/c1-17(2)27(18(3)4,19(5)6)26-15-14-23(13-12-22)21(24)25-16-20-10-8-7-9-11-20;14-8-6-13(7-9-15)12(16)17-10-11-4-2-1-3-5-11/h7-11,17-19H,12-16H2,1-6H3;1-5,14-15H,6-10H2. The maximum atomic E-state index is 12.5. The highest BCUT2D eigenvalue weighted by Crippen LogP contribution is 2.42. The van der Waals surface area contributed by atoms with Gasteiger partial charge >= 0.3 is 12.2 Å². The molecule has 0 aliphatic carbocycles. The predicted octanol–water partition coefficient (Wildman–Crippen LogP) is 6.82. The molecule has 0 radical (unpaired) electrons. The molecule has 0 spiro atoms. The third-order valence-corrected chi connectivity index (χ3v) is 13.9. The molecule has 0 bridgehead atoms. The van der Waals surface area contributed by atoms with Crippen LogP contribution in [0.4, 0.5) is 9.59 Å². The number of aliphatic hydroxyl groups excluding tert-OH is 2. The molecule has 0 atom stereocenters. The van der Waals surface area contributed by atoms with E-state index in [1.54, 1.807) is 4.90 Å². The summed E-state index contributed by atoms with van der Waals surface area (Å²) in [5.41, 5.74) is 3.49. The lowest BCUT2D eigenvalue weighted by molar-refractivity contribution is 0.0808. The van der Waals surface area contributed by atoms with Crippen LogP contribution in [0.25, 0.3) is 0 Å². The summed E-state index contributed by atoms with van der Waals surface area (Å²) in [5.74, 6) is 0. The summed E-state index contributed by atoms with van der Waals surface area (Å²) >= 11 is 3.43. The van der Waals surface area contributed by atoms with Crippen molar-refractivity contribution in [3.05, 3.63) is 71.8 Å².